The zero-order chi connectivity index (χ0) is 15.4. The maximum absolute atomic E-state index is 13.8. The molecule has 0 saturated carbocycles. The number of hydrogen-bond acceptors (Lipinski definition) is 2. The second kappa shape index (κ2) is 7.38. The predicted octanol–water partition coefficient (Wildman–Crippen LogP) is 3.00. The van der Waals surface area contributed by atoms with E-state index in [-0.39, 0.29) is 10.6 Å². The molecule has 1 aromatic carbocycles. The number of alkyl halides is 1. The lowest BCUT2D eigenvalue weighted by Crippen LogP contribution is -2.36. The molecule has 1 saturated heterocycles. The van der Waals surface area contributed by atoms with Crippen molar-refractivity contribution in [3.8, 4) is 0 Å². The van der Waals surface area contributed by atoms with Gasteiger partial charge in [0, 0.05) is 32.1 Å². The number of benzene rings is 1. The van der Waals surface area contributed by atoms with E-state index >= 15 is 0 Å². The van der Waals surface area contributed by atoms with Gasteiger partial charge in [0.2, 0.25) is 0 Å². The Labute approximate surface area is 132 Å². The van der Waals surface area contributed by atoms with Crippen molar-refractivity contribution < 1.29 is 13.6 Å². The summed E-state index contributed by atoms with van der Waals surface area (Å²) < 4.78 is 27.2. The average molecular weight is 337 g/mol. The van der Waals surface area contributed by atoms with Gasteiger partial charge in [-0.15, -0.1) is 11.6 Å². The van der Waals surface area contributed by atoms with Crippen molar-refractivity contribution in [1.82, 2.24) is 9.80 Å². The van der Waals surface area contributed by atoms with Gasteiger partial charge >= 0.3 is 0 Å². The van der Waals surface area contributed by atoms with Crippen molar-refractivity contribution in [3.05, 3.63) is 34.4 Å². The van der Waals surface area contributed by atoms with E-state index in [1.807, 2.05) is 0 Å². The van der Waals surface area contributed by atoms with E-state index in [1.54, 1.807) is 4.90 Å². The molecule has 21 heavy (non-hydrogen) atoms. The molecule has 1 aliphatic rings. The van der Waals surface area contributed by atoms with E-state index in [2.05, 4.69) is 4.90 Å². The third-order valence-electron chi connectivity index (χ3n) is 3.52. The molecule has 1 aromatic rings. The third-order valence-corrected chi connectivity index (χ3v) is 3.98. The smallest absolute Gasteiger partial charge is 0.256 e. The highest BCUT2D eigenvalue weighted by atomic mass is 35.5. The molecule has 2 rings (SSSR count). The topological polar surface area (TPSA) is 23.6 Å². The molecule has 1 fully saturated rings. The summed E-state index contributed by atoms with van der Waals surface area (Å²) >= 11 is 11.2. The van der Waals surface area contributed by atoms with Gasteiger partial charge in [0.25, 0.3) is 5.91 Å². The van der Waals surface area contributed by atoms with E-state index in [4.69, 9.17) is 23.2 Å². The van der Waals surface area contributed by atoms with Gasteiger partial charge in [-0.05, 0) is 25.1 Å². The predicted molar refractivity (Wildman–Crippen MR) is 79.0 cm³/mol. The zero-order valence-electron chi connectivity index (χ0n) is 11.4. The molecular formula is C14H16Cl2F2N2O. The lowest BCUT2D eigenvalue weighted by molar-refractivity contribution is 0.0756. The summed E-state index contributed by atoms with van der Waals surface area (Å²) in [5, 5.41) is -0.326. The van der Waals surface area contributed by atoms with Crippen molar-refractivity contribution in [3.63, 3.8) is 0 Å². The maximum Gasteiger partial charge on any atom is 0.256 e. The molecule has 7 heteroatoms. The van der Waals surface area contributed by atoms with Crippen LogP contribution in [-0.4, -0.2) is 54.3 Å². The monoisotopic (exact) mass is 336 g/mol. The summed E-state index contributed by atoms with van der Waals surface area (Å²) in [6.07, 6.45) is 0.778. The first-order valence-electron chi connectivity index (χ1n) is 6.75. The maximum atomic E-state index is 13.8. The van der Waals surface area contributed by atoms with E-state index in [1.165, 1.54) is 0 Å². The van der Waals surface area contributed by atoms with E-state index in [9.17, 15) is 13.6 Å². The average Bonchev–Trinajstić information content (AvgIpc) is 2.68. The van der Waals surface area contributed by atoms with Crippen LogP contribution in [0.1, 0.15) is 16.8 Å². The quantitative estimate of drug-likeness (QED) is 0.625. The van der Waals surface area contributed by atoms with Gasteiger partial charge < -0.3 is 9.80 Å². The Kier molecular flexibility index (Phi) is 5.79. The van der Waals surface area contributed by atoms with Gasteiger partial charge in [-0.3, -0.25) is 4.79 Å². The Hall–Kier alpha value is -0.910. The van der Waals surface area contributed by atoms with Crippen LogP contribution in [0, 0.1) is 11.6 Å². The Morgan fingerprint density at radius 1 is 1.14 bits per heavy atom. The second-order valence-corrected chi connectivity index (χ2v) is 5.71. The van der Waals surface area contributed by atoms with Crippen molar-refractivity contribution in [2.24, 2.45) is 0 Å². The highest BCUT2D eigenvalue weighted by Gasteiger charge is 2.23. The fraction of sp³-hybridized carbons (Fsp3) is 0.500. The number of nitrogens with zero attached hydrogens (tertiary/aromatic N) is 2. The van der Waals surface area contributed by atoms with Crippen LogP contribution in [0.2, 0.25) is 5.02 Å². The van der Waals surface area contributed by atoms with Crippen molar-refractivity contribution in [2.45, 2.75) is 6.42 Å². The first-order chi connectivity index (χ1) is 10.0. The molecule has 0 aromatic heterocycles. The number of amides is 1. The molecule has 3 nitrogen and oxygen atoms in total. The van der Waals surface area contributed by atoms with Crippen molar-refractivity contribution in [1.29, 1.82) is 0 Å². The van der Waals surface area contributed by atoms with Gasteiger partial charge in [0.1, 0.15) is 11.6 Å². The summed E-state index contributed by atoms with van der Waals surface area (Å²) in [6, 6.07) is 1.70. The molecule has 0 unspecified atom stereocenters. The van der Waals surface area contributed by atoms with Crippen molar-refractivity contribution in [2.75, 3.05) is 38.6 Å². The van der Waals surface area contributed by atoms with Crippen LogP contribution < -0.4 is 0 Å². The summed E-state index contributed by atoms with van der Waals surface area (Å²) in [5.41, 5.74) is -0.275. The van der Waals surface area contributed by atoms with Crippen LogP contribution >= 0.6 is 23.2 Å². The minimum absolute atomic E-state index is 0.275. The van der Waals surface area contributed by atoms with Gasteiger partial charge in [-0.2, -0.15) is 0 Å². The van der Waals surface area contributed by atoms with Gasteiger partial charge in [-0.1, -0.05) is 11.6 Å². The molecule has 0 aliphatic carbocycles. The van der Waals surface area contributed by atoms with Crippen LogP contribution in [0.4, 0.5) is 8.78 Å². The lowest BCUT2D eigenvalue weighted by Gasteiger charge is -2.21. The Bertz CT molecular complexity index is 528. The van der Waals surface area contributed by atoms with E-state index < -0.39 is 17.5 Å². The minimum atomic E-state index is -0.798. The van der Waals surface area contributed by atoms with Gasteiger partial charge in [0.15, 0.2) is 0 Å². The molecule has 1 aliphatic heterocycles. The molecule has 0 radical (unpaired) electrons. The molecular weight excluding hydrogens is 321 g/mol. The van der Waals surface area contributed by atoms with E-state index in [0.717, 1.165) is 31.6 Å². The number of carbonyl (C=O) groups is 1. The highest BCUT2D eigenvalue weighted by Crippen LogP contribution is 2.21. The summed E-state index contributed by atoms with van der Waals surface area (Å²) in [4.78, 5) is 16.0. The largest absolute Gasteiger partial charge is 0.337 e. The molecule has 0 spiro atoms. The first kappa shape index (κ1) is 16.5. The molecule has 0 N–H and O–H groups in total. The number of carbonyl (C=O) groups excluding carboxylic acids is 1. The van der Waals surface area contributed by atoms with Gasteiger partial charge in [-0.25, -0.2) is 8.78 Å². The van der Waals surface area contributed by atoms with Crippen LogP contribution in [-0.2, 0) is 0 Å². The Balaban J connectivity index is 2.11. The molecule has 0 bridgehead atoms. The summed E-state index contributed by atoms with van der Waals surface area (Å²) in [7, 11) is 0. The minimum Gasteiger partial charge on any atom is -0.337 e. The highest BCUT2D eigenvalue weighted by molar-refractivity contribution is 6.30. The molecule has 1 amide bonds. The van der Waals surface area contributed by atoms with Crippen molar-refractivity contribution >= 4 is 29.1 Å². The Morgan fingerprint density at radius 2 is 1.90 bits per heavy atom. The zero-order valence-corrected chi connectivity index (χ0v) is 12.9. The summed E-state index contributed by atoms with van der Waals surface area (Å²) in [5.74, 6) is -1.56. The summed E-state index contributed by atoms with van der Waals surface area (Å²) in [6.45, 7) is 3.26. The number of rotatable bonds is 3. The molecule has 1 heterocycles. The fourth-order valence-electron chi connectivity index (χ4n) is 2.37. The van der Waals surface area contributed by atoms with E-state index in [0.29, 0.717) is 25.5 Å². The first-order valence-corrected chi connectivity index (χ1v) is 7.66. The SMILES string of the molecule is O=C(c1cc(F)c(Cl)cc1F)N1CCCN(CCCl)CC1. The van der Waals surface area contributed by atoms with Crippen LogP contribution in [0.5, 0.6) is 0 Å². The Morgan fingerprint density at radius 3 is 2.62 bits per heavy atom. The van der Waals surface area contributed by atoms with Crippen LogP contribution in [0.3, 0.4) is 0 Å². The van der Waals surface area contributed by atoms with Gasteiger partial charge in [0.05, 0.1) is 10.6 Å². The second-order valence-electron chi connectivity index (χ2n) is 4.92. The number of hydrogen-bond donors (Lipinski definition) is 0. The molecule has 116 valence electrons. The normalized spacial score (nSPS) is 16.9. The third kappa shape index (κ3) is 4.05. The molecule has 0 atom stereocenters. The standard InChI is InChI=1S/C14H16Cl2F2N2O/c15-2-5-19-3-1-4-20(7-6-19)14(21)10-8-13(18)11(16)9-12(10)17/h8-9H,1-7H2. The lowest BCUT2D eigenvalue weighted by atomic mass is 10.1. The fourth-order valence-corrected chi connectivity index (χ4v) is 2.76. The van der Waals surface area contributed by atoms with Crippen LogP contribution in [0.25, 0.3) is 0 Å². The number of halogens is 4. The van der Waals surface area contributed by atoms with Crippen LogP contribution in [0.15, 0.2) is 12.1 Å².